The minimum absolute atomic E-state index is 0.295. The summed E-state index contributed by atoms with van der Waals surface area (Å²) in [5.74, 6) is -6.75. The highest BCUT2D eigenvalue weighted by Crippen LogP contribution is 2.37. The molecule has 0 fully saturated rings. The second-order valence-electron chi connectivity index (χ2n) is 24.5. The van der Waals surface area contributed by atoms with Crippen LogP contribution in [0.3, 0.4) is 0 Å². The highest BCUT2D eigenvalue weighted by atomic mass is 16.4. The number of aromatic nitrogens is 8. The van der Waals surface area contributed by atoms with E-state index in [4.69, 9.17) is 9.97 Å². The Morgan fingerprint density at radius 3 is 0.702 bits per heavy atom. The summed E-state index contributed by atoms with van der Waals surface area (Å²) < 4.78 is 8.35. The van der Waals surface area contributed by atoms with E-state index in [0.29, 0.717) is 116 Å². The molecule has 24 heteroatoms. The zero-order chi connectivity index (χ0) is 72.4. The van der Waals surface area contributed by atoms with Crippen molar-refractivity contribution >= 4 is 93.9 Å². The lowest BCUT2D eigenvalue weighted by Crippen LogP contribution is -2.36. The Morgan fingerprint density at radius 2 is 0.500 bits per heavy atom. The number of rotatable bonds is 24. The topological polar surface area (TPSA) is 338 Å². The zero-order valence-corrected chi connectivity index (χ0v) is 55.5. The van der Waals surface area contributed by atoms with E-state index in [1.807, 2.05) is 195 Å². The Balaban J connectivity index is 1.05. The first kappa shape index (κ1) is 68.4. The van der Waals surface area contributed by atoms with Crippen molar-refractivity contribution in [3.8, 4) is 45.0 Å². The number of hydrogen-bond acceptors (Lipinski definition) is 10. The Morgan fingerprint density at radius 1 is 0.288 bits per heavy atom. The smallest absolute Gasteiger partial charge is 0.322 e. The molecular weight excluding hydrogens is 1320 g/mol. The highest BCUT2D eigenvalue weighted by molar-refractivity contribution is 6.00. The van der Waals surface area contributed by atoms with Gasteiger partial charge in [-0.25, -0.2) is 9.97 Å². The maximum Gasteiger partial charge on any atom is 0.322 e. The van der Waals surface area contributed by atoms with Gasteiger partial charge in [-0.2, -0.15) is 18.3 Å². The molecule has 0 spiro atoms. The Labute approximate surface area is 592 Å². The number of aromatic amines is 2. The van der Waals surface area contributed by atoms with Crippen molar-refractivity contribution in [2.45, 2.75) is 26.2 Å². The van der Waals surface area contributed by atoms with Crippen LogP contribution in [0.4, 0.5) is 0 Å². The molecule has 2 aliphatic rings. The first-order chi connectivity index (χ1) is 50.5. The van der Waals surface area contributed by atoms with Crippen molar-refractivity contribution in [2.75, 3.05) is 26.2 Å². The molecule has 7 aromatic heterocycles. The second-order valence-corrected chi connectivity index (χ2v) is 24.5. The lowest BCUT2D eigenvalue weighted by molar-refractivity contribution is -0.677. The van der Waals surface area contributed by atoms with E-state index in [9.17, 15) is 58.8 Å². The number of fused-ring (bicyclic) bond motifs is 8. The zero-order valence-electron chi connectivity index (χ0n) is 55.5. The molecule has 514 valence electrons. The third-order valence-corrected chi connectivity index (χ3v) is 17.4. The molecule has 24 nitrogen and oxygen atoms in total. The molecular formula is C80H66N12O12+4. The second kappa shape index (κ2) is 30.5. The van der Waals surface area contributed by atoms with E-state index in [2.05, 4.69) is 49.5 Å². The summed E-state index contributed by atoms with van der Waals surface area (Å²) in [4.78, 5) is 116. The molecule has 0 atom stereocenters. The van der Waals surface area contributed by atoms with Gasteiger partial charge in [-0.05, 0) is 121 Å². The van der Waals surface area contributed by atoms with Gasteiger partial charge in [0.1, 0.15) is 26.2 Å². The Kier molecular flexibility index (Phi) is 20.1. The van der Waals surface area contributed by atoms with Crippen molar-refractivity contribution in [1.82, 2.24) is 41.2 Å². The number of benzene rings is 4. The molecule has 11 aromatic rings. The number of nitrogens with zero attached hydrogens (tertiary/aromatic N) is 6. The van der Waals surface area contributed by atoms with E-state index in [-0.39, 0.29) is 0 Å². The van der Waals surface area contributed by atoms with Crippen molar-refractivity contribution in [2.24, 2.45) is 0 Å². The number of carbonyl (C=O) groups is 8. The summed E-state index contributed by atoms with van der Waals surface area (Å²) in [6.07, 6.45) is 15.8. The van der Waals surface area contributed by atoms with Crippen LogP contribution in [0.1, 0.15) is 86.5 Å². The molecule has 4 aromatic carbocycles. The first-order valence-electron chi connectivity index (χ1n) is 32.9. The maximum atomic E-state index is 13.0. The number of H-pyrrole nitrogens is 2. The Hall–Kier alpha value is -14.2. The van der Waals surface area contributed by atoms with Crippen molar-refractivity contribution < 1.29 is 77.1 Å². The molecule has 10 N–H and O–H groups in total. The summed E-state index contributed by atoms with van der Waals surface area (Å²) in [5.41, 5.74) is 15.5. The molecule has 0 aliphatic carbocycles. The van der Waals surface area contributed by atoms with Gasteiger partial charge in [-0.15, -0.1) is 0 Å². The standard InChI is InChI=1S/C80H62N12O12/c93-69(94)41-81-77(101)53-21-13-49(14-22-53)45-89-37-5-1-9-65(89)73-57-29-31-59(85-57)74(66-10-2-6-38-90(66)46-50-15-23-54(24-16-50)78(102)82-42-70(95)96)61-33-35-63(87-61)76(68-12-4-8-40-92(68)48-52-19-27-56(28-20-52)80(104)84-44-72(99)100)64-36-34-62(88-64)75(60-32-30-58(73)86-60)67-11-3-7-39-91(67)47-51-17-25-55(26-18-51)79(103)83-43-71(97)98/h1-40H,41-48H2,(H6-3,81,82,83,84,85,86,87,88,93,94,95,96,97,98,99,100,101,102,103,104)/p+4. The van der Waals surface area contributed by atoms with Gasteiger partial charge in [0.2, 0.25) is 22.8 Å². The fraction of sp³-hybridized carbons (Fsp3) is 0.100. The van der Waals surface area contributed by atoms with Gasteiger partial charge in [0.25, 0.3) is 23.6 Å². The average molecular weight is 1390 g/mol. The molecule has 4 amide bonds. The van der Waals surface area contributed by atoms with Crippen LogP contribution in [0.5, 0.6) is 0 Å². The molecule has 9 heterocycles. The van der Waals surface area contributed by atoms with Crippen LogP contribution in [0.15, 0.2) is 219 Å². The maximum absolute atomic E-state index is 13.0. The highest BCUT2D eigenvalue weighted by Gasteiger charge is 2.29. The van der Waals surface area contributed by atoms with Gasteiger partial charge in [-0.1, -0.05) is 48.5 Å². The number of amides is 4. The van der Waals surface area contributed by atoms with Gasteiger partial charge in [0.05, 0.1) is 67.1 Å². The minimum Gasteiger partial charge on any atom is -0.480 e. The number of hydrogen-bond donors (Lipinski definition) is 10. The van der Waals surface area contributed by atoms with E-state index in [1.54, 1.807) is 48.5 Å². The normalized spacial score (nSPS) is 11.4. The summed E-state index contributed by atoms with van der Waals surface area (Å²) in [6.45, 7) is -0.805. The number of carbonyl (C=O) groups excluding carboxylic acids is 4. The van der Waals surface area contributed by atoms with Gasteiger partial charge in [0, 0.05) is 93.0 Å². The monoisotopic (exact) mass is 1390 g/mol. The SMILES string of the molecule is O=C(O)CNC(=O)c1ccc(C[n+]2ccccc2-c2c3nc(c(-c4cccc[n+]4Cc4ccc(C(=O)NCC(=O)O)cc4)c4ccc([nH]4)c(-c4cccc[n+]4Cc4ccc(C(=O)NCC(=O)O)cc4)c4nc(c(-c5cccc[n+]5Cc5ccc(C(=O)NCC(=O)O)cc5)c5ccc2[nH]5)C=C4)C=C3)cc1. The van der Waals surface area contributed by atoms with Crippen LogP contribution in [-0.4, -0.2) is 114 Å². The van der Waals surface area contributed by atoms with Gasteiger partial charge < -0.3 is 51.7 Å². The predicted molar refractivity (Wildman–Crippen MR) is 383 cm³/mol. The Bertz CT molecular complexity index is 4830. The quantitative estimate of drug-likeness (QED) is 0.0257. The summed E-state index contributed by atoms with van der Waals surface area (Å²) >= 11 is 0. The largest absolute Gasteiger partial charge is 0.480 e. The lowest BCUT2D eigenvalue weighted by atomic mass is 10.1. The summed E-state index contributed by atoms with van der Waals surface area (Å²) in [5, 5.41) is 46.7. The third kappa shape index (κ3) is 15.6. The molecule has 0 saturated heterocycles. The van der Waals surface area contributed by atoms with Crippen molar-refractivity contribution in [3.63, 3.8) is 0 Å². The van der Waals surface area contributed by atoms with Crippen LogP contribution in [0.2, 0.25) is 0 Å². The van der Waals surface area contributed by atoms with Gasteiger partial charge >= 0.3 is 23.9 Å². The number of carboxylic acid groups (broad SMARTS) is 4. The number of carboxylic acids is 4. The number of aliphatic carboxylic acids is 4. The van der Waals surface area contributed by atoms with Gasteiger partial charge in [-0.3, -0.25) is 38.4 Å². The van der Waals surface area contributed by atoms with Crippen molar-refractivity contribution in [1.29, 1.82) is 0 Å². The minimum atomic E-state index is -1.16. The van der Waals surface area contributed by atoms with Crippen LogP contribution in [0.25, 0.3) is 91.4 Å². The lowest BCUT2D eigenvalue weighted by Gasteiger charge is -2.09. The first-order valence-corrected chi connectivity index (χ1v) is 32.9. The predicted octanol–water partition coefficient (Wildman–Crippen LogP) is 7.92. The summed E-state index contributed by atoms with van der Waals surface area (Å²) in [6, 6.07) is 59.4. The molecule has 2 aliphatic heterocycles. The molecule has 0 unspecified atom stereocenters. The van der Waals surface area contributed by atoms with E-state index in [0.717, 1.165) is 45.0 Å². The fourth-order valence-corrected chi connectivity index (χ4v) is 12.5. The molecule has 13 rings (SSSR count). The van der Waals surface area contributed by atoms with E-state index < -0.39 is 73.7 Å². The van der Waals surface area contributed by atoms with E-state index >= 15 is 0 Å². The van der Waals surface area contributed by atoms with E-state index in [1.165, 1.54) is 0 Å². The van der Waals surface area contributed by atoms with Crippen LogP contribution in [0, 0.1) is 0 Å². The van der Waals surface area contributed by atoms with Crippen LogP contribution in [-0.2, 0) is 45.4 Å². The molecule has 0 radical (unpaired) electrons. The number of pyridine rings is 4. The fourth-order valence-electron chi connectivity index (χ4n) is 12.5. The third-order valence-electron chi connectivity index (χ3n) is 17.4. The van der Waals surface area contributed by atoms with Crippen LogP contribution >= 0.6 is 0 Å². The summed E-state index contributed by atoms with van der Waals surface area (Å²) in [7, 11) is 0. The average Bonchev–Trinajstić information content (AvgIpc) is 1.60. The molecule has 0 saturated carbocycles. The van der Waals surface area contributed by atoms with Crippen molar-refractivity contribution in [3.05, 3.63) is 286 Å². The molecule has 104 heavy (non-hydrogen) atoms. The van der Waals surface area contributed by atoms with Gasteiger partial charge in [0.15, 0.2) is 51.0 Å². The van der Waals surface area contributed by atoms with Crippen LogP contribution < -0.4 is 39.5 Å². The molecule has 8 bridgehead atoms. The number of nitrogens with one attached hydrogen (secondary N) is 6.